The van der Waals surface area contributed by atoms with Gasteiger partial charge in [-0.1, -0.05) is 4.98 Å². The number of ether oxygens (including phenoxy) is 2. The van der Waals surface area contributed by atoms with Crippen molar-refractivity contribution in [2.45, 2.75) is 43.4 Å². The first-order valence-electron chi connectivity index (χ1n) is 7.06. The second-order valence-electron chi connectivity index (χ2n) is 5.31. The summed E-state index contributed by atoms with van der Waals surface area (Å²) in [5.41, 5.74) is 0. The molecule has 12 heteroatoms. The summed E-state index contributed by atoms with van der Waals surface area (Å²) in [6.45, 7) is -1.17. The lowest BCUT2D eigenvalue weighted by Gasteiger charge is -2.38. The first kappa shape index (κ1) is 18.6. The van der Waals surface area contributed by atoms with E-state index in [4.69, 9.17) is 9.47 Å². The molecule has 2 heterocycles. The van der Waals surface area contributed by atoms with Crippen LogP contribution >= 0.6 is 0 Å². The van der Waals surface area contributed by atoms with E-state index in [1.807, 2.05) is 0 Å². The van der Waals surface area contributed by atoms with Gasteiger partial charge < -0.3 is 40.0 Å². The maximum absolute atomic E-state index is 13.8. The number of rotatable bonds is 7. The Balaban J connectivity index is 1.79. The first-order chi connectivity index (χ1) is 11.3. The highest BCUT2D eigenvalue weighted by atomic mass is 19.1. The fourth-order valence-electron chi connectivity index (χ4n) is 2.26. The SMILES string of the molecule is O=[N+]([O-])c1nccn1CC(F)COC[C@H]1OC(O)[C@H](O)[C@@H](O)[C@H]1O. The largest absolute Gasteiger partial charge is 0.434 e. The van der Waals surface area contributed by atoms with E-state index in [-0.39, 0.29) is 13.2 Å². The Kier molecular flexibility index (Phi) is 6.15. The van der Waals surface area contributed by atoms with Crippen LogP contribution in [-0.2, 0) is 16.0 Å². The molecular formula is C12H18FN3O8. The zero-order valence-electron chi connectivity index (χ0n) is 12.4. The van der Waals surface area contributed by atoms with E-state index in [1.54, 1.807) is 0 Å². The molecule has 0 amide bonds. The first-order valence-corrected chi connectivity index (χ1v) is 7.06. The topological polar surface area (TPSA) is 160 Å². The number of nitrogens with zero attached hydrogens (tertiary/aromatic N) is 3. The van der Waals surface area contributed by atoms with Crippen molar-refractivity contribution in [3.05, 3.63) is 22.5 Å². The van der Waals surface area contributed by atoms with Gasteiger partial charge >= 0.3 is 5.95 Å². The Morgan fingerprint density at radius 1 is 1.38 bits per heavy atom. The standard InChI is InChI=1S/C12H18FN3O8/c13-6(3-15-2-1-14-12(15)16(21)22)4-23-5-7-8(17)9(18)10(19)11(20)24-7/h1-2,6-11,17-20H,3-5H2/t6?,7-,8+,9+,10-,11?/m1/s1. The third kappa shape index (κ3) is 4.23. The Morgan fingerprint density at radius 2 is 2.08 bits per heavy atom. The third-order valence-electron chi connectivity index (χ3n) is 3.52. The lowest BCUT2D eigenvalue weighted by molar-refractivity contribution is -0.396. The van der Waals surface area contributed by atoms with E-state index < -0.39 is 54.4 Å². The monoisotopic (exact) mass is 351 g/mol. The fourth-order valence-corrected chi connectivity index (χ4v) is 2.26. The van der Waals surface area contributed by atoms with E-state index in [1.165, 1.54) is 12.4 Å². The van der Waals surface area contributed by atoms with Crippen molar-refractivity contribution in [2.75, 3.05) is 13.2 Å². The van der Waals surface area contributed by atoms with Gasteiger partial charge in [0.25, 0.3) is 0 Å². The van der Waals surface area contributed by atoms with E-state index in [0.29, 0.717) is 0 Å². The molecule has 1 aromatic heterocycles. The van der Waals surface area contributed by atoms with Crippen LogP contribution in [0.2, 0.25) is 0 Å². The van der Waals surface area contributed by atoms with Crippen LogP contribution in [0.3, 0.4) is 0 Å². The number of nitro groups is 1. The molecule has 0 saturated carbocycles. The Morgan fingerprint density at radius 3 is 2.75 bits per heavy atom. The minimum absolute atomic E-state index is 0.353. The van der Waals surface area contributed by atoms with Crippen molar-refractivity contribution in [1.82, 2.24) is 9.55 Å². The van der Waals surface area contributed by atoms with Gasteiger partial charge in [0.15, 0.2) is 12.5 Å². The summed E-state index contributed by atoms with van der Waals surface area (Å²) < 4.78 is 24.7. The zero-order valence-corrected chi connectivity index (χ0v) is 12.4. The van der Waals surface area contributed by atoms with Crippen molar-refractivity contribution in [2.24, 2.45) is 0 Å². The number of alkyl halides is 1. The van der Waals surface area contributed by atoms with Crippen LogP contribution < -0.4 is 0 Å². The van der Waals surface area contributed by atoms with E-state index in [9.17, 15) is 34.9 Å². The zero-order chi connectivity index (χ0) is 17.9. The van der Waals surface area contributed by atoms with Crippen LogP contribution in [0.1, 0.15) is 0 Å². The number of aromatic nitrogens is 2. The van der Waals surface area contributed by atoms with Crippen LogP contribution in [0.15, 0.2) is 12.4 Å². The predicted molar refractivity (Wildman–Crippen MR) is 73.5 cm³/mol. The molecule has 0 spiro atoms. The number of hydrogen-bond donors (Lipinski definition) is 4. The summed E-state index contributed by atoms with van der Waals surface area (Å²) in [7, 11) is 0. The average Bonchev–Trinajstić information content (AvgIpc) is 2.98. The van der Waals surface area contributed by atoms with E-state index >= 15 is 0 Å². The van der Waals surface area contributed by atoms with Crippen LogP contribution in [-0.4, -0.2) is 85.0 Å². The third-order valence-corrected chi connectivity index (χ3v) is 3.52. The normalized spacial score (nSPS) is 31.8. The molecule has 0 aromatic carbocycles. The van der Waals surface area contributed by atoms with Gasteiger partial charge in [-0.2, -0.15) is 0 Å². The average molecular weight is 351 g/mol. The summed E-state index contributed by atoms with van der Waals surface area (Å²) in [5, 5.41) is 48.5. The second kappa shape index (κ2) is 7.92. The van der Waals surface area contributed by atoms with Gasteiger partial charge in [-0.05, 0) is 4.92 Å². The minimum Gasteiger partial charge on any atom is -0.390 e. The van der Waals surface area contributed by atoms with Crippen molar-refractivity contribution in [1.29, 1.82) is 0 Å². The Labute approximate surface area is 135 Å². The molecule has 1 aromatic rings. The summed E-state index contributed by atoms with van der Waals surface area (Å²) in [4.78, 5) is 13.4. The van der Waals surface area contributed by atoms with E-state index in [2.05, 4.69) is 4.98 Å². The Hall–Kier alpha value is -1.70. The van der Waals surface area contributed by atoms with Gasteiger partial charge in [-0.3, -0.25) is 0 Å². The van der Waals surface area contributed by atoms with Crippen LogP contribution in [0.25, 0.3) is 0 Å². The molecule has 1 aliphatic heterocycles. The van der Waals surface area contributed by atoms with Gasteiger partial charge in [-0.25, -0.2) is 8.96 Å². The maximum Gasteiger partial charge on any atom is 0.434 e. The molecule has 136 valence electrons. The molecule has 0 radical (unpaired) electrons. The number of imidazole rings is 1. The lowest BCUT2D eigenvalue weighted by atomic mass is 9.99. The number of aliphatic hydroxyl groups is 4. The van der Waals surface area contributed by atoms with Crippen molar-refractivity contribution in [3.63, 3.8) is 0 Å². The highest BCUT2D eigenvalue weighted by Gasteiger charge is 2.43. The van der Waals surface area contributed by atoms with Gasteiger partial charge in [-0.15, -0.1) is 0 Å². The van der Waals surface area contributed by atoms with Gasteiger partial charge in [0.1, 0.15) is 43.4 Å². The molecule has 4 N–H and O–H groups in total. The van der Waals surface area contributed by atoms with Gasteiger partial charge in [0.05, 0.1) is 13.2 Å². The molecule has 11 nitrogen and oxygen atoms in total. The van der Waals surface area contributed by atoms with Crippen molar-refractivity contribution in [3.8, 4) is 0 Å². The molecule has 2 rings (SSSR count). The molecule has 1 fully saturated rings. The quantitative estimate of drug-likeness (QED) is 0.320. The number of hydrogen-bond acceptors (Lipinski definition) is 9. The summed E-state index contributed by atoms with van der Waals surface area (Å²) in [6.07, 6.45) is -6.84. The molecule has 1 aliphatic rings. The summed E-state index contributed by atoms with van der Waals surface area (Å²) >= 11 is 0. The summed E-state index contributed by atoms with van der Waals surface area (Å²) in [6, 6.07) is 0. The smallest absolute Gasteiger partial charge is 0.390 e. The number of aliphatic hydroxyl groups excluding tert-OH is 4. The second-order valence-corrected chi connectivity index (χ2v) is 5.31. The molecule has 0 bridgehead atoms. The van der Waals surface area contributed by atoms with Gasteiger partial charge in [0, 0.05) is 0 Å². The fraction of sp³-hybridized carbons (Fsp3) is 0.750. The van der Waals surface area contributed by atoms with Crippen LogP contribution in [0.4, 0.5) is 10.3 Å². The van der Waals surface area contributed by atoms with Crippen LogP contribution in [0, 0.1) is 10.1 Å². The molecular weight excluding hydrogens is 333 g/mol. The molecule has 24 heavy (non-hydrogen) atoms. The van der Waals surface area contributed by atoms with Gasteiger partial charge in [0.2, 0.25) is 0 Å². The highest BCUT2D eigenvalue weighted by molar-refractivity contribution is 5.06. The minimum atomic E-state index is -1.70. The molecule has 0 aliphatic carbocycles. The maximum atomic E-state index is 13.8. The Bertz CT molecular complexity index is 558. The summed E-state index contributed by atoms with van der Waals surface area (Å²) in [5.74, 6) is -0.496. The molecule has 6 atom stereocenters. The molecule has 2 unspecified atom stereocenters. The van der Waals surface area contributed by atoms with Crippen molar-refractivity contribution >= 4 is 5.95 Å². The van der Waals surface area contributed by atoms with E-state index in [0.717, 1.165) is 4.57 Å². The predicted octanol–water partition coefficient (Wildman–Crippen LogP) is -2.05. The number of halogens is 1. The highest BCUT2D eigenvalue weighted by Crippen LogP contribution is 2.20. The van der Waals surface area contributed by atoms with Crippen molar-refractivity contribution < 1.29 is 39.2 Å². The molecule has 1 saturated heterocycles. The lowest BCUT2D eigenvalue weighted by Crippen LogP contribution is -2.58. The van der Waals surface area contributed by atoms with Crippen LogP contribution in [0.5, 0.6) is 0 Å².